The fourth-order valence-electron chi connectivity index (χ4n) is 2.62. The number of hydrogen-bond donors (Lipinski definition) is 1. The van der Waals surface area contributed by atoms with E-state index in [1.807, 2.05) is 19.2 Å². The van der Waals surface area contributed by atoms with Crippen molar-refractivity contribution >= 4 is 17.5 Å². The van der Waals surface area contributed by atoms with Crippen LogP contribution in [-0.4, -0.2) is 37.6 Å². The number of rotatable bonds is 4. The van der Waals surface area contributed by atoms with Crippen molar-refractivity contribution in [3.8, 4) is 5.75 Å². The smallest absolute Gasteiger partial charge is 0.229 e. The van der Waals surface area contributed by atoms with Gasteiger partial charge >= 0.3 is 0 Å². The van der Waals surface area contributed by atoms with E-state index in [-0.39, 0.29) is 17.2 Å². The van der Waals surface area contributed by atoms with Crippen LogP contribution in [0.3, 0.4) is 0 Å². The number of carbonyl (C=O) groups excluding carboxylic acids is 1. The van der Waals surface area contributed by atoms with Crippen LogP contribution in [0.4, 0.5) is 0 Å². The van der Waals surface area contributed by atoms with Crippen LogP contribution < -0.4 is 10.5 Å². The van der Waals surface area contributed by atoms with Crippen molar-refractivity contribution in [2.75, 3.05) is 26.7 Å². The molecule has 0 spiro atoms. The normalized spacial score (nSPS) is 17.9. The first-order valence-electron chi connectivity index (χ1n) is 7.19. The molecule has 2 N–H and O–H groups in total. The van der Waals surface area contributed by atoms with E-state index >= 15 is 0 Å². The summed E-state index contributed by atoms with van der Waals surface area (Å²) in [5.74, 6) is 0.769. The van der Waals surface area contributed by atoms with Crippen LogP contribution in [0.5, 0.6) is 5.75 Å². The van der Waals surface area contributed by atoms with Gasteiger partial charge in [-0.25, -0.2) is 0 Å². The fraction of sp³-hybridized carbons (Fsp3) is 0.562. The van der Waals surface area contributed by atoms with Gasteiger partial charge in [0, 0.05) is 18.6 Å². The zero-order chi connectivity index (χ0) is 15.6. The van der Waals surface area contributed by atoms with Gasteiger partial charge in [-0.05, 0) is 42.1 Å². The Morgan fingerprint density at radius 3 is 2.90 bits per heavy atom. The van der Waals surface area contributed by atoms with Gasteiger partial charge < -0.3 is 15.4 Å². The molecule has 0 aliphatic carbocycles. The minimum absolute atomic E-state index is 0.0822. The molecule has 1 aromatic carbocycles. The van der Waals surface area contributed by atoms with Crippen LogP contribution in [0.15, 0.2) is 18.2 Å². The summed E-state index contributed by atoms with van der Waals surface area (Å²) in [6, 6.07) is 5.54. The van der Waals surface area contributed by atoms with Gasteiger partial charge in [-0.3, -0.25) is 4.79 Å². The topological polar surface area (TPSA) is 55.6 Å². The van der Waals surface area contributed by atoms with Crippen LogP contribution >= 0.6 is 11.6 Å². The predicted octanol–water partition coefficient (Wildman–Crippen LogP) is 2.33. The monoisotopic (exact) mass is 310 g/mol. The molecular weight excluding hydrogens is 288 g/mol. The van der Waals surface area contributed by atoms with Gasteiger partial charge in [0.05, 0.1) is 5.92 Å². The molecule has 1 amide bonds. The number of nitrogens with zero attached hydrogens (tertiary/aromatic N) is 1. The molecule has 1 aliphatic heterocycles. The summed E-state index contributed by atoms with van der Waals surface area (Å²) in [6.45, 7) is 5.72. The Balaban J connectivity index is 2.05. The number of nitrogens with two attached hydrogens (primary N) is 1. The van der Waals surface area contributed by atoms with Crippen molar-refractivity contribution in [2.45, 2.75) is 20.3 Å². The molecule has 21 heavy (non-hydrogen) atoms. The van der Waals surface area contributed by atoms with Crippen molar-refractivity contribution in [3.05, 3.63) is 28.8 Å². The van der Waals surface area contributed by atoms with E-state index in [1.165, 1.54) is 0 Å². The lowest BCUT2D eigenvalue weighted by atomic mass is 9.91. The third-order valence-electron chi connectivity index (χ3n) is 3.87. The molecule has 1 aliphatic rings. The third-order valence-corrected chi connectivity index (χ3v) is 4.11. The molecule has 1 aromatic rings. The zero-order valence-corrected chi connectivity index (χ0v) is 13.6. The summed E-state index contributed by atoms with van der Waals surface area (Å²) in [5, 5.41) is 0.670. The highest BCUT2D eigenvalue weighted by atomic mass is 35.5. The first-order valence-corrected chi connectivity index (χ1v) is 7.56. The lowest BCUT2D eigenvalue weighted by Gasteiger charge is -2.33. The van der Waals surface area contributed by atoms with Gasteiger partial charge in [0.2, 0.25) is 5.91 Å². The first kappa shape index (κ1) is 16.1. The van der Waals surface area contributed by atoms with Crippen molar-refractivity contribution in [1.29, 1.82) is 0 Å². The molecule has 0 fully saturated rings. The quantitative estimate of drug-likeness (QED) is 0.928. The number of benzene rings is 1. The van der Waals surface area contributed by atoms with Gasteiger partial charge in [0.1, 0.15) is 12.4 Å². The largest absolute Gasteiger partial charge is 0.492 e. The summed E-state index contributed by atoms with van der Waals surface area (Å²) < 4.78 is 5.69. The number of amides is 1. The molecule has 0 bridgehead atoms. The molecular formula is C16H23ClN2O2. The highest BCUT2D eigenvalue weighted by Gasteiger charge is 2.30. The second-order valence-corrected chi connectivity index (χ2v) is 6.96. The highest BCUT2D eigenvalue weighted by molar-refractivity contribution is 6.30. The summed E-state index contributed by atoms with van der Waals surface area (Å²) in [5.41, 5.74) is 6.65. The molecule has 0 saturated heterocycles. The molecule has 0 aromatic heterocycles. The summed E-state index contributed by atoms with van der Waals surface area (Å²) in [6.07, 6.45) is 0.669. The van der Waals surface area contributed by atoms with Crippen molar-refractivity contribution in [1.82, 2.24) is 4.90 Å². The number of carbonyl (C=O) groups is 1. The Kier molecular flexibility index (Phi) is 4.79. The highest BCUT2D eigenvalue weighted by Crippen LogP contribution is 2.30. The molecule has 5 heteroatoms. The maximum Gasteiger partial charge on any atom is 0.229 e. The minimum atomic E-state index is -0.158. The minimum Gasteiger partial charge on any atom is -0.492 e. The SMILES string of the molecule is CN(CC(C)(C)CN)C(=O)C1COc2ccc(Cl)cc2C1. The molecule has 116 valence electrons. The van der Waals surface area contributed by atoms with Crippen molar-refractivity contribution < 1.29 is 9.53 Å². The predicted molar refractivity (Wildman–Crippen MR) is 84.6 cm³/mol. The maximum absolute atomic E-state index is 12.6. The second-order valence-electron chi connectivity index (χ2n) is 6.53. The first-order chi connectivity index (χ1) is 9.82. The van der Waals surface area contributed by atoms with Gasteiger partial charge in [-0.2, -0.15) is 0 Å². The van der Waals surface area contributed by atoms with Crippen molar-refractivity contribution in [3.63, 3.8) is 0 Å². The number of fused-ring (bicyclic) bond motifs is 1. The van der Waals surface area contributed by atoms with E-state index in [0.29, 0.717) is 31.1 Å². The summed E-state index contributed by atoms with van der Waals surface area (Å²) in [7, 11) is 1.83. The Morgan fingerprint density at radius 1 is 1.52 bits per heavy atom. The maximum atomic E-state index is 12.6. The lowest BCUT2D eigenvalue weighted by Crippen LogP contribution is -2.44. The van der Waals surface area contributed by atoms with Gasteiger partial charge in [0.25, 0.3) is 0 Å². The van der Waals surface area contributed by atoms with Gasteiger partial charge in [0.15, 0.2) is 0 Å². The Labute approximate surface area is 131 Å². The number of ether oxygens (including phenoxy) is 1. The van der Waals surface area contributed by atoms with E-state index < -0.39 is 0 Å². The second kappa shape index (κ2) is 6.24. The third kappa shape index (κ3) is 3.89. The zero-order valence-electron chi connectivity index (χ0n) is 12.9. The van der Waals surface area contributed by atoms with Crippen LogP contribution in [-0.2, 0) is 11.2 Å². The molecule has 2 rings (SSSR count). The van der Waals surface area contributed by atoms with Crippen molar-refractivity contribution in [2.24, 2.45) is 17.1 Å². The number of halogens is 1. The Morgan fingerprint density at radius 2 is 2.24 bits per heavy atom. The Hall–Kier alpha value is -1.26. The van der Waals surface area contributed by atoms with E-state index in [4.69, 9.17) is 22.1 Å². The average molecular weight is 311 g/mol. The van der Waals surface area contributed by atoms with E-state index in [2.05, 4.69) is 13.8 Å². The van der Waals surface area contributed by atoms with Crippen LogP contribution in [0, 0.1) is 11.3 Å². The van der Waals surface area contributed by atoms with Gasteiger partial charge in [-0.15, -0.1) is 0 Å². The lowest BCUT2D eigenvalue weighted by molar-refractivity contribution is -0.136. The average Bonchev–Trinajstić information content (AvgIpc) is 2.45. The fourth-order valence-corrected chi connectivity index (χ4v) is 2.81. The van der Waals surface area contributed by atoms with E-state index in [1.54, 1.807) is 11.0 Å². The van der Waals surface area contributed by atoms with Crippen LogP contribution in [0.2, 0.25) is 5.02 Å². The number of hydrogen-bond acceptors (Lipinski definition) is 3. The molecule has 1 atom stereocenters. The Bertz CT molecular complexity index is 531. The molecule has 0 radical (unpaired) electrons. The van der Waals surface area contributed by atoms with E-state index in [9.17, 15) is 4.79 Å². The summed E-state index contributed by atoms with van der Waals surface area (Å²) >= 11 is 6.01. The van der Waals surface area contributed by atoms with Crippen LogP contribution in [0.1, 0.15) is 19.4 Å². The molecule has 1 heterocycles. The molecule has 4 nitrogen and oxygen atoms in total. The summed E-state index contributed by atoms with van der Waals surface area (Å²) in [4.78, 5) is 14.3. The van der Waals surface area contributed by atoms with Gasteiger partial charge in [-0.1, -0.05) is 25.4 Å². The molecule has 0 saturated carbocycles. The molecule has 1 unspecified atom stereocenters. The van der Waals surface area contributed by atoms with Crippen LogP contribution in [0.25, 0.3) is 0 Å². The standard InChI is InChI=1S/C16H23ClN2O2/c1-16(2,9-18)10-19(3)15(20)12-6-11-7-13(17)4-5-14(11)21-8-12/h4-5,7,12H,6,8-10,18H2,1-3H3. The van der Waals surface area contributed by atoms with E-state index in [0.717, 1.165) is 11.3 Å².